The fourth-order valence-corrected chi connectivity index (χ4v) is 20.4. The highest BCUT2D eigenvalue weighted by Gasteiger charge is 2.42. The summed E-state index contributed by atoms with van der Waals surface area (Å²) in [6, 6.07) is 95.7. The third-order valence-electron chi connectivity index (χ3n) is 26.2. The quantitative estimate of drug-likeness (QED) is 0.0397. The Hall–Kier alpha value is -11.7. The molecule has 20 heteroatoms. The average Bonchev–Trinajstić information content (AvgIpc) is 1.19. The summed E-state index contributed by atoms with van der Waals surface area (Å²) in [6.07, 6.45) is 25.6. The minimum Gasteiger partial charge on any atom is -0.449 e. The lowest BCUT2D eigenvalue weighted by Gasteiger charge is -2.39. The van der Waals surface area contributed by atoms with Crippen molar-refractivity contribution in [3.63, 3.8) is 0 Å². The summed E-state index contributed by atoms with van der Waals surface area (Å²) in [5.41, 5.74) is 23.4. The number of aryl methyl sites for hydroxylation is 8. The van der Waals surface area contributed by atoms with Crippen molar-refractivity contribution in [3.8, 4) is 0 Å². The number of unbranched alkanes of at least 4 members (excludes halogenated alkanes) is 2. The number of benzene rings is 9. The van der Waals surface area contributed by atoms with Gasteiger partial charge in [-0.3, -0.25) is 34.4 Å². The molecule has 14 aromatic rings. The molecule has 6 aliphatic rings. The Morgan fingerprint density at radius 3 is 1.05 bits per heavy atom. The summed E-state index contributed by atoms with van der Waals surface area (Å²) in [5.74, 6) is 0. The summed E-state index contributed by atoms with van der Waals surface area (Å²) >= 11 is 18.9. The van der Waals surface area contributed by atoms with Crippen LogP contribution in [0.1, 0.15) is 156 Å². The van der Waals surface area contributed by atoms with Crippen LogP contribution >= 0.6 is 34.8 Å². The molecule has 3 unspecified atom stereocenters. The maximum atomic E-state index is 13.2. The number of aliphatic hydroxyl groups excluding tert-OH is 1. The molecule has 9 aromatic carbocycles. The molecule has 2 N–H and O–H groups in total. The molecule has 17 nitrogen and oxygen atoms in total. The van der Waals surface area contributed by atoms with Crippen LogP contribution in [0, 0.1) is 0 Å². The van der Waals surface area contributed by atoms with Gasteiger partial charge < -0.3 is 34.1 Å². The Morgan fingerprint density at radius 1 is 0.383 bits per heavy atom. The van der Waals surface area contributed by atoms with Crippen LogP contribution < -0.4 is 5.32 Å². The fourth-order valence-electron chi connectivity index (χ4n) is 19.9. The highest BCUT2D eigenvalue weighted by atomic mass is 35.5. The molecule has 0 spiro atoms. The Balaban J connectivity index is 0.000000129. The van der Waals surface area contributed by atoms with E-state index in [1.54, 1.807) is 0 Å². The SMILES string of the molecule is Clc1ccc2c(c1)CCc1cccnc1C2N1CCNCC1.O=C(OCCCCc1cn(C(c2ccccc2)(c2ccccc2)c2ccccc2)cn1)N1CCN(C2c3ccc(Cl)cc3CCc3cccnc32)CC1.O=CN1CCN(C2c3ccc(Cl)cc3CCc3cccnc32)CC1.OCCCCc1cn(C(c2ccccc2)(c2ccccc2)c2ccccc2)cn1. The van der Waals surface area contributed by atoms with Crippen molar-refractivity contribution in [2.24, 2.45) is 0 Å². The maximum Gasteiger partial charge on any atom is 0.409 e. The second kappa shape index (κ2) is 42.5. The first-order valence-electron chi connectivity index (χ1n) is 45.3. The van der Waals surface area contributed by atoms with E-state index >= 15 is 0 Å². The van der Waals surface area contributed by atoms with Crippen molar-refractivity contribution in [1.82, 2.24) is 63.9 Å². The number of carbonyl (C=O) groups is 2. The monoisotopic (exact) mass is 1760 g/mol. The van der Waals surface area contributed by atoms with E-state index in [9.17, 15) is 9.59 Å². The van der Waals surface area contributed by atoms with Crippen LogP contribution in [0.25, 0.3) is 0 Å². The summed E-state index contributed by atoms with van der Waals surface area (Å²) in [6.45, 7) is 10.8. The Bertz CT molecular complexity index is 5760. The van der Waals surface area contributed by atoms with Gasteiger partial charge in [-0.2, -0.15) is 0 Å². The van der Waals surface area contributed by atoms with Gasteiger partial charge in [-0.15, -0.1) is 0 Å². The van der Waals surface area contributed by atoms with E-state index in [0.29, 0.717) is 19.7 Å². The number of carbonyl (C=O) groups excluding carboxylic acids is 2. The smallest absolute Gasteiger partial charge is 0.409 e. The maximum absolute atomic E-state index is 13.2. The fraction of sp³-hybridized carbons (Fsp3) is 0.287. The molecular formula is C108H110Cl3N13O4. The van der Waals surface area contributed by atoms with Crippen molar-refractivity contribution in [1.29, 1.82) is 0 Å². The van der Waals surface area contributed by atoms with Gasteiger partial charge in [-0.25, -0.2) is 14.8 Å². The van der Waals surface area contributed by atoms with Crippen LogP contribution in [0.2, 0.25) is 15.1 Å². The van der Waals surface area contributed by atoms with Gasteiger partial charge >= 0.3 is 6.09 Å². The number of nitrogens with zero attached hydrogens (tertiary/aromatic N) is 12. The van der Waals surface area contributed by atoms with E-state index in [2.05, 4.69) is 284 Å². The number of piperazine rings is 3. The molecule has 2 amide bonds. The predicted octanol–water partition coefficient (Wildman–Crippen LogP) is 19.3. The number of aromatic nitrogens is 7. The molecule has 3 aliphatic heterocycles. The van der Waals surface area contributed by atoms with Crippen molar-refractivity contribution in [3.05, 3.63) is 444 Å². The Labute approximate surface area is 767 Å². The summed E-state index contributed by atoms with van der Waals surface area (Å²) < 4.78 is 10.3. The number of nitrogens with one attached hydrogen (secondary N) is 1. The van der Waals surface area contributed by atoms with Crippen LogP contribution in [0.15, 0.2) is 317 Å². The van der Waals surface area contributed by atoms with E-state index in [1.807, 2.05) is 71.4 Å². The number of ether oxygens (including phenoxy) is 1. The highest BCUT2D eigenvalue weighted by molar-refractivity contribution is 6.31. The van der Waals surface area contributed by atoms with Crippen molar-refractivity contribution in [2.75, 3.05) is 91.8 Å². The number of fused-ring (bicyclic) bond motifs is 6. The summed E-state index contributed by atoms with van der Waals surface area (Å²) in [5, 5.41) is 14.9. The Kier molecular flexibility index (Phi) is 29.3. The number of hydrogen-bond acceptors (Lipinski definition) is 13. The molecule has 0 bridgehead atoms. The lowest BCUT2D eigenvalue weighted by Crippen LogP contribution is -2.50. The molecule has 3 fully saturated rings. The van der Waals surface area contributed by atoms with Gasteiger partial charge in [0, 0.05) is 131 Å². The van der Waals surface area contributed by atoms with Gasteiger partial charge in [-0.1, -0.05) is 253 Å². The van der Waals surface area contributed by atoms with E-state index in [0.717, 1.165) is 187 Å². The van der Waals surface area contributed by atoms with E-state index in [1.165, 1.54) is 89.1 Å². The third kappa shape index (κ3) is 19.8. The molecule has 8 heterocycles. The largest absolute Gasteiger partial charge is 0.449 e. The second-order valence-electron chi connectivity index (χ2n) is 33.8. The molecule has 0 radical (unpaired) electrons. The molecule has 652 valence electrons. The number of amides is 2. The average molecular weight is 1760 g/mol. The van der Waals surface area contributed by atoms with Gasteiger partial charge in [0.05, 0.1) is 65.9 Å². The number of aliphatic hydroxyl groups is 1. The minimum atomic E-state index is -0.582. The predicted molar refractivity (Wildman–Crippen MR) is 510 cm³/mol. The lowest BCUT2D eigenvalue weighted by atomic mass is 9.77. The lowest BCUT2D eigenvalue weighted by molar-refractivity contribution is -0.119. The van der Waals surface area contributed by atoms with Crippen molar-refractivity contribution < 1.29 is 19.4 Å². The standard InChI is InChI=1S/C45H44ClN5O2.C26H26N2O.C19H20ClN3O.C18H20ClN3/c46-39-23-24-41-35(31-39)22-21-34-13-12-25-47-42(34)43(41)49-26-28-50(29-27-49)44(52)53-30-11-10-20-40-32-51(33-48-40)45(36-14-4-1-5-15-36,37-16-6-2-7-17-37)38-18-8-3-9-19-38;29-19-11-10-18-25-20-28(21-27-25)26(22-12-4-1-5-13-22,23-14-6-2-7-15-23)24-16-8-3-9-17-24;20-16-5-6-17-15(12-16)4-3-14-2-1-7-21-18(14)19(17)23-10-8-22(13-24)9-11-23;19-15-5-6-16-14(12-15)4-3-13-2-1-7-21-17(13)18(16)22-10-8-20-9-11-22/h1-9,12-19,23-25,31-33,43H,10-11,20-22,26-30H2;1-9,12-17,20-21,29H,10-11,18-19H2;1-2,5-7,12-13,19H,3-4,8-11H2;1-2,5-7,12,18,20H,3-4,8-11H2. The van der Waals surface area contributed by atoms with Gasteiger partial charge in [-0.05, 0) is 215 Å². The van der Waals surface area contributed by atoms with E-state index in [4.69, 9.17) is 69.6 Å². The topological polar surface area (TPSA) is 166 Å². The number of rotatable bonds is 21. The Morgan fingerprint density at radius 2 is 0.711 bits per heavy atom. The van der Waals surface area contributed by atoms with Gasteiger partial charge in [0.2, 0.25) is 6.41 Å². The van der Waals surface area contributed by atoms with E-state index in [-0.39, 0.29) is 30.8 Å². The number of imidazole rings is 2. The molecule has 128 heavy (non-hydrogen) atoms. The summed E-state index contributed by atoms with van der Waals surface area (Å²) in [4.78, 5) is 59.3. The number of halogens is 3. The molecule has 20 rings (SSSR count). The minimum absolute atomic E-state index is 0.0425. The van der Waals surface area contributed by atoms with Crippen LogP contribution in [0.5, 0.6) is 0 Å². The highest BCUT2D eigenvalue weighted by Crippen LogP contribution is 2.46. The second-order valence-corrected chi connectivity index (χ2v) is 35.1. The first-order valence-corrected chi connectivity index (χ1v) is 46.4. The molecule has 5 aromatic heterocycles. The molecule has 3 aliphatic carbocycles. The molecule has 0 saturated carbocycles. The normalized spacial score (nSPS) is 16.9. The molecular weight excluding hydrogens is 1650 g/mol. The van der Waals surface area contributed by atoms with Gasteiger partial charge in [0.25, 0.3) is 0 Å². The van der Waals surface area contributed by atoms with Gasteiger partial charge in [0.15, 0.2) is 0 Å². The van der Waals surface area contributed by atoms with Crippen LogP contribution in [0.4, 0.5) is 4.79 Å². The number of pyridine rings is 3. The molecule has 3 atom stereocenters. The van der Waals surface area contributed by atoms with Gasteiger partial charge in [0.1, 0.15) is 11.1 Å². The first-order chi connectivity index (χ1) is 63.0. The number of hydrogen-bond donors (Lipinski definition) is 2. The zero-order chi connectivity index (χ0) is 87.4. The summed E-state index contributed by atoms with van der Waals surface area (Å²) in [7, 11) is 0. The molecule has 3 saturated heterocycles. The third-order valence-corrected chi connectivity index (χ3v) is 26.9. The zero-order valence-electron chi connectivity index (χ0n) is 72.4. The van der Waals surface area contributed by atoms with Crippen molar-refractivity contribution >= 4 is 47.3 Å². The zero-order valence-corrected chi connectivity index (χ0v) is 74.7. The van der Waals surface area contributed by atoms with E-state index < -0.39 is 11.1 Å². The van der Waals surface area contributed by atoms with Crippen LogP contribution in [-0.4, -0.2) is 168 Å². The van der Waals surface area contributed by atoms with Crippen LogP contribution in [-0.2, 0) is 72.0 Å². The van der Waals surface area contributed by atoms with Crippen LogP contribution in [0.3, 0.4) is 0 Å². The van der Waals surface area contributed by atoms with Crippen molar-refractivity contribution in [2.45, 2.75) is 106 Å². The first kappa shape index (κ1) is 88.3.